The number of rotatable bonds is 3. The second-order valence-electron chi connectivity index (χ2n) is 4.55. The summed E-state index contributed by atoms with van der Waals surface area (Å²) in [6.45, 7) is 3.70. The molecule has 1 aliphatic heterocycles. The monoisotopic (exact) mass is 228 g/mol. The molecule has 1 saturated heterocycles. The lowest BCUT2D eigenvalue weighted by Gasteiger charge is -2.35. The Morgan fingerprint density at radius 1 is 1.38 bits per heavy atom. The number of hydrogen-bond donors (Lipinski definition) is 1. The molecule has 1 fully saturated rings. The largest absolute Gasteiger partial charge is 0.468 e. The van der Waals surface area contributed by atoms with Crippen LogP contribution in [0.1, 0.15) is 19.8 Å². The molecule has 0 aromatic rings. The van der Waals surface area contributed by atoms with E-state index in [0.717, 1.165) is 25.9 Å². The van der Waals surface area contributed by atoms with Crippen LogP contribution < -0.4 is 5.32 Å². The van der Waals surface area contributed by atoms with E-state index in [1.807, 2.05) is 6.92 Å². The average molecular weight is 228 g/mol. The Labute approximate surface area is 96.1 Å². The van der Waals surface area contributed by atoms with Gasteiger partial charge in [-0.05, 0) is 25.9 Å². The van der Waals surface area contributed by atoms with Crippen LogP contribution in [0.15, 0.2) is 0 Å². The Morgan fingerprint density at radius 3 is 2.44 bits per heavy atom. The minimum atomic E-state index is -0.381. The third-order valence-corrected chi connectivity index (χ3v) is 3.16. The van der Waals surface area contributed by atoms with Gasteiger partial charge in [0.1, 0.15) is 6.54 Å². The van der Waals surface area contributed by atoms with Crippen LogP contribution in [0.2, 0.25) is 0 Å². The molecule has 0 bridgehead atoms. The molecule has 0 radical (unpaired) electrons. The Balaban J connectivity index is 2.58. The quantitative estimate of drug-likeness (QED) is 0.691. The van der Waals surface area contributed by atoms with E-state index in [4.69, 9.17) is 0 Å². The summed E-state index contributed by atoms with van der Waals surface area (Å²) < 4.78 is 4.55. The highest BCUT2D eigenvalue weighted by molar-refractivity contribution is 5.86. The molecule has 0 unspecified atom stereocenters. The molecule has 0 aromatic carbocycles. The number of ether oxygens (including phenoxy) is 1. The first kappa shape index (κ1) is 13.0. The van der Waals surface area contributed by atoms with Gasteiger partial charge >= 0.3 is 5.97 Å². The lowest BCUT2D eigenvalue weighted by Crippen LogP contribution is -2.47. The van der Waals surface area contributed by atoms with Crippen molar-refractivity contribution in [2.75, 3.05) is 33.8 Å². The molecule has 1 amide bonds. The Morgan fingerprint density at radius 2 is 1.94 bits per heavy atom. The standard InChI is InChI=1S/C11H20N2O3/c1-11(4-6-12-7-5-11)10(15)13(2)8-9(14)16-3/h12H,4-8H2,1-3H3. The second kappa shape index (κ2) is 5.30. The zero-order chi connectivity index (χ0) is 12.2. The Kier molecular flexibility index (Phi) is 4.29. The lowest BCUT2D eigenvalue weighted by atomic mass is 9.80. The summed E-state index contributed by atoms with van der Waals surface area (Å²) in [5, 5.41) is 3.22. The van der Waals surface area contributed by atoms with Gasteiger partial charge < -0.3 is 15.0 Å². The normalized spacial score (nSPS) is 18.9. The van der Waals surface area contributed by atoms with E-state index in [-0.39, 0.29) is 23.8 Å². The fraction of sp³-hybridized carbons (Fsp3) is 0.818. The van der Waals surface area contributed by atoms with E-state index >= 15 is 0 Å². The zero-order valence-corrected chi connectivity index (χ0v) is 10.2. The third kappa shape index (κ3) is 2.95. The first-order chi connectivity index (χ1) is 7.49. The summed E-state index contributed by atoms with van der Waals surface area (Å²) in [7, 11) is 2.97. The minimum Gasteiger partial charge on any atom is -0.468 e. The van der Waals surface area contributed by atoms with Crippen molar-refractivity contribution in [1.82, 2.24) is 10.2 Å². The lowest BCUT2D eigenvalue weighted by molar-refractivity contribution is -0.150. The summed E-state index contributed by atoms with van der Waals surface area (Å²) in [4.78, 5) is 24.7. The molecular weight excluding hydrogens is 208 g/mol. The smallest absolute Gasteiger partial charge is 0.325 e. The van der Waals surface area contributed by atoms with Gasteiger partial charge in [0.25, 0.3) is 0 Å². The van der Waals surface area contributed by atoms with Crippen molar-refractivity contribution < 1.29 is 14.3 Å². The van der Waals surface area contributed by atoms with Crippen molar-refractivity contribution in [2.24, 2.45) is 5.41 Å². The number of hydrogen-bond acceptors (Lipinski definition) is 4. The first-order valence-electron chi connectivity index (χ1n) is 5.53. The maximum Gasteiger partial charge on any atom is 0.325 e. The van der Waals surface area contributed by atoms with Crippen LogP contribution in [0.4, 0.5) is 0 Å². The third-order valence-electron chi connectivity index (χ3n) is 3.16. The molecular formula is C11H20N2O3. The predicted molar refractivity (Wildman–Crippen MR) is 59.9 cm³/mol. The van der Waals surface area contributed by atoms with Gasteiger partial charge in [-0.1, -0.05) is 6.92 Å². The van der Waals surface area contributed by atoms with Crippen LogP contribution in [0.3, 0.4) is 0 Å². The van der Waals surface area contributed by atoms with Gasteiger partial charge in [-0.15, -0.1) is 0 Å². The number of amides is 1. The molecule has 5 nitrogen and oxygen atoms in total. The number of nitrogens with one attached hydrogen (secondary N) is 1. The second-order valence-corrected chi connectivity index (χ2v) is 4.55. The molecule has 5 heteroatoms. The highest BCUT2D eigenvalue weighted by Crippen LogP contribution is 2.29. The van der Waals surface area contributed by atoms with E-state index in [1.165, 1.54) is 12.0 Å². The molecule has 1 heterocycles. The van der Waals surface area contributed by atoms with Crippen molar-refractivity contribution in [3.05, 3.63) is 0 Å². The highest BCUT2D eigenvalue weighted by Gasteiger charge is 2.36. The summed E-state index contributed by atoms with van der Waals surface area (Å²) in [6.07, 6.45) is 1.63. The summed E-state index contributed by atoms with van der Waals surface area (Å²) in [5.41, 5.74) is -0.339. The molecule has 0 aliphatic carbocycles. The van der Waals surface area contributed by atoms with Gasteiger partial charge in [0, 0.05) is 12.5 Å². The number of piperidine rings is 1. The number of esters is 1. The average Bonchev–Trinajstić information content (AvgIpc) is 2.28. The predicted octanol–water partition coefficient (Wildman–Crippen LogP) is 0.00750. The van der Waals surface area contributed by atoms with Gasteiger partial charge in [-0.3, -0.25) is 9.59 Å². The van der Waals surface area contributed by atoms with Crippen molar-refractivity contribution in [3.63, 3.8) is 0 Å². The topological polar surface area (TPSA) is 58.6 Å². The number of likely N-dealkylation sites (N-methyl/N-ethyl adjacent to an activating group) is 1. The van der Waals surface area contributed by atoms with E-state index in [0.29, 0.717) is 0 Å². The van der Waals surface area contributed by atoms with Gasteiger partial charge in [0.2, 0.25) is 5.91 Å². The van der Waals surface area contributed by atoms with Gasteiger partial charge in [-0.25, -0.2) is 0 Å². The van der Waals surface area contributed by atoms with Crippen LogP contribution in [0, 0.1) is 5.41 Å². The maximum atomic E-state index is 12.2. The van der Waals surface area contributed by atoms with Gasteiger partial charge in [-0.2, -0.15) is 0 Å². The maximum absolute atomic E-state index is 12.2. The molecule has 1 N–H and O–H groups in total. The number of carbonyl (C=O) groups excluding carboxylic acids is 2. The van der Waals surface area contributed by atoms with Crippen molar-refractivity contribution >= 4 is 11.9 Å². The molecule has 1 rings (SSSR count). The first-order valence-corrected chi connectivity index (χ1v) is 5.53. The van der Waals surface area contributed by atoms with Crippen LogP contribution in [-0.4, -0.2) is 50.6 Å². The number of carbonyl (C=O) groups is 2. The fourth-order valence-corrected chi connectivity index (χ4v) is 1.98. The van der Waals surface area contributed by atoms with E-state index in [9.17, 15) is 9.59 Å². The SMILES string of the molecule is COC(=O)CN(C)C(=O)C1(C)CCNCC1. The fourth-order valence-electron chi connectivity index (χ4n) is 1.98. The molecule has 1 aliphatic rings. The van der Waals surface area contributed by atoms with Crippen LogP contribution >= 0.6 is 0 Å². The molecule has 0 spiro atoms. The van der Waals surface area contributed by atoms with E-state index < -0.39 is 0 Å². The van der Waals surface area contributed by atoms with Crippen LogP contribution in [-0.2, 0) is 14.3 Å². The summed E-state index contributed by atoms with van der Waals surface area (Å²) >= 11 is 0. The number of methoxy groups -OCH3 is 1. The molecule has 0 aromatic heterocycles. The minimum absolute atomic E-state index is 0.0261. The molecule has 16 heavy (non-hydrogen) atoms. The highest BCUT2D eigenvalue weighted by atomic mass is 16.5. The van der Waals surface area contributed by atoms with E-state index in [1.54, 1.807) is 7.05 Å². The zero-order valence-electron chi connectivity index (χ0n) is 10.2. The molecule has 0 atom stereocenters. The Hall–Kier alpha value is -1.10. The summed E-state index contributed by atoms with van der Waals surface area (Å²) in [6, 6.07) is 0. The van der Waals surface area contributed by atoms with Crippen molar-refractivity contribution in [3.8, 4) is 0 Å². The number of nitrogens with zero attached hydrogens (tertiary/aromatic N) is 1. The summed E-state index contributed by atoms with van der Waals surface area (Å²) in [5.74, 6) is -0.354. The van der Waals surface area contributed by atoms with E-state index in [2.05, 4.69) is 10.1 Å². The van der Waals surface area contributed by atoms with Crippen LogP contribution in [0.5, 0.6) is 0 Å². The van der Waals surface area contributed by atoms with Crippen LogP contribution in [0.25, 0.3) is 0 Å². The van der Waals surface area contributed by atoms with Crippen molar-refractivity contribution in [2.45, 2.75) is 19.8 Å². The van der Waals surface area contributed by atoms with Gasteiger partial charge in [0.05, 0.1) is 7.11 Å². The van der Waals surface area contributed by atoms with Gasteiger partial charge in [0.15, 0.2) is 0 Å². The molecule has 0 saturated carbocycles. The Bertz CT molecular complexity index is 272. The molecule has 92 valence electrons. The van der Waals surface area contributed by atoms with Crippen molar-refractivity contribution in [1.29, 1.82) is 0 Å².